The van der Waals surface area contributed by atoms with Gasteiger partial charge in [-0.25, -0.2) is 0 Å². The van der Waals surface area contributed by atoms with Gasteiger partial charge >= 0.3 is 0 Å². The van der Waals surface area contributed by atoms with E-state index < -0.39 is 0 Å². The number of carbonyl (C=O) groups excluding carboxylic acids is 1. The highest BCUT2D eigenvalue weighted by atomic mass is 35.5. The first-order valence-corrected chi connectivity index (χ1v) is 8.99. The summed E-state index contributed by atoms with van der Waals surface area (Å²) < 4.78 is 0. The molecule has 24 heavy (non-hydrogen) atoms. The number of rotatable bonds is 2. The van der Waals surface area contributed by atoms with E-state index >= 15 is 0 Å². The second-order valence-electron chi connectivity index (χ2n) is 6.81. The van der Waals surface area contributed by atoms with E-state index in [9.17, 15) is 9.90 Å². The average molecular weight is 348 g/mol. The van der Waals surface area contributed by atoms with Crippen molar-refractivity contribution in [3.05, 3.63) is 35.0 Å². The number of carbonyl (C=O) groups is 1. The smallest absolute Gasteiger partial charge is 0.270 e. The van der Waals surface area contributed by atoms with Crippen LogP contribution in [0, 0.1) is 0 Å². The summed E-state index contributed by atoms with van der Waals surface area (Å²) in [6.07, 6.45) is 2.87. The number of aliphatic hydroxyl groups is 1. The number of amides is 1. The molecule has 0 spiro atoms. The molecule has 1 aromatic heterocycles. The molecular formula is C18H22ClN3O2. The molecule has 128 valence electrons. The van der Waals surface area contributed by atoms with Gasteiger partial charge < -0.3 is 15.0 Å². The Bertz CT molecular complexity index is 752. The zero-order chi connectivity index (χ0) is 16.7. The monoisotopic (exact) mass is 347 g/mol. The van der Waals surface area contributed by atoms with Crippen molar-refractivity contribution in [2.24, 2.45) is 0 Å². The lowest BCUT2D eigenvalue weighted by atomic mass is 10.1. The Labute approximate surface area is 146 Å². The number of aromatic amines is 1. The van der Waals surface area contributed by atoms with Gasteiger partial charge in [0, 0.05) is 48.1 Å². The van der Waals surface area contributed by atoms with Gasteiger partial charge in [0.25, 0.3) is 5.91 Å². The molecule has 6 heteroatoms. The lowest BCUT2D eigenvalue weighted by Gasteiger charge is -2.38. The van der Waals surface area contributed by atoms with E-state index in [1.807, 2.05) is 29.2 Å². The topological polar surface area (TPSA) is 59.6 Å². The Morgan fingerprint density at radius 1 is 1.17 bits per heavy atom. The van der Waals surface area contributed by atoms with E-state index in [0.29, 0.717) is 23.8 Å². The van der Waals surface area contributed by atoms with Crippen LogP contribution in [0.4, 0.5) is 0 Å². The lowest BCUT2D eigenvalue weighted by Crippen LogP contribution is -2.53. The first kappa shape index (κ1) is 15.9. The van der Waals surface area contributed by atoms with Gasteiger partial charge in [-0.05, 0) is 43.5 Å². The third-order valence-electron chi connectivity index (χ3n) is 5.33. The highest BCUT2D eigenvalue weighted by Crippen LogP contribution is 2.26. The van der Waals surface area contributed by atoms with Crippen LogP contribution < -0.4 is 0 Å². The maximum Gasteiger partial charge on any atom is 0.270 e. The Morgan fingerprint density at radius 2 is 1.96 bits per heavy atom. The van der Waals surface area contributed by atoms with Crippen LogP contribution in [0.1, 0.15) is 29.8 Å². The standard InChI is InChI=1S/C18H22ClN3O2/c19-13-4-5-14-12(10-13)11-15(20-14)18(24)22-8-6-21(7-9-22)16-2-1-3-17(16)23/h4-5,10-11,16-17,20,23H,1-3,6-9H2/t16-,17+/m0/s1. The number of halogens is 1. The number of aromatic nitrogens is 1. The summed E-state index contributed by atoms with van der Waals surface area (Å²) in [6.45, 7) is 3.08. The molecule has 2 aliphatic rings. The highest BCUT2D eigenvalue weighted by Gasteiger charge is 2.33. The summed E-state index contributed by atoms with van der Waals surface area (Å²) >= 11 is 6.01. The van der Waals surface area contributed by atoms with Crippen molar-refractivity contribution in [2.75, 3.05) is 26.2 Å². The third kappa shape index (κ3) is 2.92. The number of aliphatic hydroxyl groups excluding tert-OH is 1. The van der Waals surface area contributed by atoms with Crippen LogP contribution in [0.25, 0.3) is 10.9 Å². The van der Waals surface area contributed by atoms with E-state index in [2.05, 4.69) is 9.88 Å². The fraction of sp³-hybridized carbons (Fsp3) is 0.500. The molecule has 0 radical (unpaired) electrons. The predicted octanol–water partition coefficient (Wildman–Crippen LogP) is 2.49. The Kier molecular flexibility index (Phi) is 4.24. The van der Waals surface area contributed by atoms with Crippen molar-refractivity contribution < 1.29 is 9.90 Å². The summed E-state index contributed by atoms with van der Waals surface area (Å²) in [5.74, 6) is 0.0361. The van der Waals surface area contributed by atoms with Gasteiger partial charge in [-0.15, -0.1) is 0 Å². The van der Waals surface area contributed by atoms with E-state index in [-0.39, 0.29) is 18.1 Å². The Hall–Kier alpha value is -1.56. The summed E-state index contributed by atoms with van der Waals surface area (Å²) in [6, 6.07) is 7.73. The molecule has 0 unspecified atom stereocenters. The van der Waals surface area contributed by atoms with Crippen molar-refractivity contribution in [1.29, 1.82) is 0 Å². The van der Waals surface area contributed by atoms with Crippen LogP contribution in [0.5, 0.6) is 0 Å². The molecule has 2 heterocycles. The zero-order valence-corrected chi connectivity index (χ0v) is 14.3. The van der Waals surface area contributed by atoms with Gasteiger partial charge in [0.05, 0.1) is 6.10 Å². The van der Waals surface area contributed by atoms with E-state index in [1.54, 1.807) is 0 Å². The minimum atomic E-state index is -0.203. The molecule has 1 saturated heterocycles. The van der Waals surface area contributed by atoms with Gasteiger partial charge in [-0.3, -0.25) is 9.69 Å². The SMILES string of the molecule is O=C(c1cc2cc(Cl)ccc2[nH]1)N1CCN([C@H]2CCC[C@H]2O)CC1. The number of fused-ring (bicyclic) bond motifs is 1. The van der Waals surface area contributed by atoms with Crippen LogP contribution in [0.2, 0.25) is 5.02 Å². The normalized spacial score (nSPS) is 25.5. The first-order chi connectivity index (χ1) is 11.6. The summed E-state index contributed by atoms with van der Waals surface area (Å²) in [7, 11) is 0. The minimum absolute atomic E-state index is 0.0361. The van der Waals surface area contributed by atoms with E-state index in [4.69, 9.17) is 11.6 Å². The van der Waals surface area contributed by atoms with Crippen molar-refractivity contribution in [3.8, 4) is 0 Å². The minimum Gasteiger partial charge on any atom is -0.391 e. The van der Waals surface area contributed by atoms with Gasteiger partial charge in [-0.2, -0.15) is 0 Å². The van der Waals surface area contributed by atoms with E-state index in [0.717, 1.165) is 43.3 Å². The van der Waals surface area contributed by atoms with Crippen molar-refractivity contribution in [3.63, 3.8) is 0 Å². The molecule has 2 atom stereocenters. The first-order valence-electron chi connectivity index (χ1n) is 8.61. The van der Waals surface area contributed by atoms with Crippen molar-refractivity contribution >= 4 is 28.4 Å². The molecule has 2 N–H and O–H groups in total. The maximum absolute atomic E-state index is 12.7. The fourth-order valence-corrected chi connectivity index (χ4v) is 4.17. The highest BCUT2D eigenvalue weighted by molar-refractivity contribution is 6.31. The summed E-state index contributed by atoms with van der Waals surface area (Å²) in [5.41, 5.74) is 1.54. The predicted molar refractivity (Wildman–Crippen MR) is 94.4 cm³/mol. The molecule has 1 aliphatic heterocycles. The van der Waals surface area contributed by atoms with Crippen LogP contribution in [0.3, 0.4) is 0 Å². The number of H-pyrrole nitrogens is 1. The van der Waals surface area contributed by atoms with Gasteiger partial charge in [0.1, 0.15) is 5.69 Å². The largest absolute Gasteiger partial charge is 0.391 e. The molecule has 4 rings (SSSR count). The van der Waals surface area contributed by atoms with Crippen molar-refractivity contribution in [2.45, 2.75) is 31.4 Å². The van der Waals surface area contributed by atoms with Crippen LogP contribution in [-0.4, -0.2) is 64.1 Å². The number of piperazine rings is 1. The second kappa shape index (κ2) is 6.39. The van der Waals surface area contributed by atoms with E-state index in [1.165, 1.54) is 0 Å². The van der Waals surface area contributed by atoms with Crippen LogP contribution >= 0.6 is 11.6 Å². The quantitative estimate of drug-likeness (QED) is 0.877. The average Bonchev–Trinajstić information content (AvgIpc) is 3.20. The molecule has 1 aliphatic carbocycles. The van der Waals surface area contributed by atoms with Gasteiger partial charge in [-0.1, -0.05) is 11.6 Å². The number of hydrogen-bond acceptors (Lipinski definition) is 3. The molecule has 1 aromatic carbocycles. The molecule has 2 aromatic rings. The van der Waals surface area contributed by atoms with Crippen LogP contribution in [-0.2, 0) is 0 Å². The number of hydrogen-bond donors (Lipinski definition) is 2. The molecular weight excluding hydrogens is 326 g/mol. The van der Waals surface area contributed by atoms with Crippen LogP contribution in [0.15, 0.2) is 24.3 Å². The third-order valence-corrected chi connectivity index (χ3v) is 5.56. The number of nitrogens with one attached hydrogen (secondary N) is 1. The second-order valence-corrected chi connectivity index (χ2v) is 7.24. The molecule has 5 nitrogen and oxygen atoms in total. The fourth-order valence-electron chi connectivity index (χ4n) is 3.99. The summed E-state index contributed by atoms with van der Waals surface area (Å²) in [5, 5.41) is 11.7. The number of benzene rings is 1. The van der Waals surface area contributed by atoms with Crippen molar-refractivity contribution in [1.82, 2.24) is 14.8 Å². The Morgan fingerprint density at radius 3 is 2.67 bits per heavy atom. The number of nitrogens with zero attached hydrogens (tertiary/aromatic N) is 2. The molecule has 1 amide bonds. The van der Waals surface area contributed by atoms with Gasteiger partial charge in [0.2, 0.25) is 0 Å². The maximum atomic E-state index is 12.7. The van der Waals surface area contributed by atoms with Gasteiger partial charge in [0.15, 0.2) is 0 Å². The molecule has 1 saturated carbocycles. The molecule has 0 bridgehead atoms. The zero-order valence-electron chi connectivity index (χ0n) is 13.5. The lowest BCUT2D eigenvalue weighted by molar-refractivity contribution is 0.0313. The molecule has 2 fully saturated rings. The summed E-state index contributed by atoms with van der Waals surface area (Å²) in [4.78, 5) is 20.2. The Balaban J connectivity index is 1.43.